The molecule has 1 saturated heterocycles. The van der Waals surface area contributed by atoms with E-state index in [0.29, 0.717) is 12.1 Å². The molecule has 0 amide bonds. The maximum Gasteiger partial charge on any atom is 0.0338 e. The predicted octanol–water partition coefficient (Wildman–Crippen LogP) is 2.05. The van der Waals surface area contributed by atoms with Crippen LogP contribution in [0.1, 0.15) is 42.9 Å². The SMILES string of the molecule is c1ccc2c(c1)CNCCC2NC1CCN(C2CC2)C1. The van der Waals surface area contributed by atoms with Gasteiger partial charge in [0.2, 0.25) is 0 Å². The van der Waals surface area contributed by atoms with Crippen LogP contribution in [0.3, 0.4) is 0 Å². The molecule has 1 aromatic rings. The van der Waals surface area contributed by atoms with E-state index in [1.165, 1.54) is 49.9 Å². The highest BCUT2D eigenvalue weighted by atomic mass is 15.2. The Morgan fingerprint density at radius 2 is 2.00 bits per heavy atom. The second kappa shape index (κ2) is 5.47. The number of nitrogens with one attached hydrogen (secondary N) is 2. The minimum absolute atomic E-state index is 0.533. The summed E-state index contributed by atoms with van der Waals surface area (Å²) in [5.41, 5.74) is 2.99. The normalized spacial score (nSPS) is 31.0. The number of fused-ring (bicyclic) bond motifs is 1. The minimum Gasteiger partial charge on any atom is -0.313 e. The van der Waals surface area contributed by atoms with Crippen LogP contribution in [-0.2, 0) is 6.54 Å². The van der Waals surface area contributed by atoms with Crippen molar-refractivity contribution in [2.45, 2.75) is 50.4 Å². The Hall–Kier alpha value is -0.900. The number of hydrogen-bond acceptors (Lipinski definition) is 3. The van der Waals surface area contributed by atoms with Crippen LogP contribution in [0.15, 0.2) is 24.3 Å². The van der Waals surface area contributed by atoms with Crippen molar-refractivity contribution in [1.82, 2.24) is 15.5 Å². The molecule has 0 spiro atoms. The summed E-state index contributed by atoms with van der Waals surface area (Å²) in [5.74, 6) is 0. The van der Waals surface area contributed by atoms with Crippen LogP contribution in [0.5, 0.6) is 0 Å². The molecular weight excluding hydrogens is 246 g/mol. The lowest BCUT2D eigenvalue weighted by molar-refractivity contribution is 0.311. The Labute approximate surface area is 121 Å². The topological polar surface area (TPSA) is 27.3 Å². The van der Waals surface area contributed by atoms with Gasteiger partial charge in [0.15, 0.2) is 0 Å². The third-order valence-corrected chi connectivity index (χ3v) is 5.08. The minimum atomic E-state index is 0.533. The van der Waals surface area contributed by atoms with E-state index in [-0.39, 0.29) is 0 Å². The summed E-state index contributed by atoms with van der Waals surface area (Å²) < 4.78 is 0. The van der Waals surface area contributed by atoms with Gasteiger partial charge in [0.05, 0.1) is 0 Å². The van der Waals surface area contributed by atoms with E-state index < -0.39 is 0 Å². The third-order valence-electron chi connectivity index (χ3n) is 5.08. The number of benzene rings is 1. The molecule has 0 radical (unpaired) electrons. The van der Waals surface area contributed by atoms with Crippen molar-refractivity contribution >= 4 is 0 Å². The predicted molar refractivity (Wildman–Crippen MR) is 81.6 cm³/mol. The summed E-state index contributed by atoms with van der Waals surface area (Å²) in [6.45, 7) is 4.70. The number of nitrogens with zero attached hydrogens (tertiary/aromatic N) is 1. The first kappa shape index (κ1) is 12.8. The van der Waals surface area contributed by atoms with Crippen LogP contribution in [0, 0.1) is 0 Å². The van der Waals surface area contributed by atoms with Crippen molar-refractivity contribution in [3.8, 4) is 0 Å². The third kappa shape index (κ3) is 2.62. The molecule has 2 atom stereocenters. The van der Waals surface area contributed by atoms with Gasteiger partial charge in [-0.15, -0.1) is 0 Å². The first-order valence-electron chi connectivity index (χ1n) is 8.19. The van der Waals surface area contributed by atoms with E-state index in [2.05, 4.69) is 39.8 Å². The molecule has 2 N–H and O–H groups in total. The monoisotopic (exact) mass is 271 g/mol. The van der Waals surface area contributed by atoms with Gasteiger partial charge in [0, 0.05) is 37.8 Å². The zero-order valence-electron chi connectivity index (χ0n) is 12.1. The van der Waals surface area contributed by atoms with Gasteiger partial charge in [0.25, 0.3) is 0 Å². The van der Waals surface area contributed by atoms with Crippen molar-refractivity contribution in [3.63, 3.8) is 0 Å². The molecule has 3 heteroatoms. The summed E-state index contributed by atoms with van der Waals surface area (Å²) in [6.07, 6.45) is 5.39. The molecule has 1 aliphatic carbocycles. The highest BCUT2D eigenvalue weighted by Gasteiger charge is 2.35. The highest BCUT2D eigenvalue weighted by Crippen LogP contribution is 2.31. The zero-order valence-corrected chi connectivity index (χ0v) is 12.1. The Bertz CT molecular complexity index is 469. The van der Waals surface area contributed by atoms with Crippen molar-refractivity contribution in [2.24, 2.45) is 0 Å². The van der Waals surface area contributed by atoms with Gasteiger partial charge in [-0.3, -0.25) is 4.90 Å². The molecule has 1 aromatic carbocycles. The van der Waals surface area contributed by atoms with Gasteiger partial charge in [-0.25, -0.2) is 0 Å². The number of likely N-dealkylation sites (tertiary alicyclic amines) is 1. The van der Waals surface area contributed by atoms with E-state index in [1.807, 2.05) is 0 Å². The maximum atomic E-state index is 3.94. The fourth-order valence-corrected chi connectivity index (χ4v) is 3.81. The van der Waals surface area contributed by atoms with Gasteiger partial charge in [-0.2, -0.15) is 0 Å². The molecule has 2 heterocycles. The van der Waals surface area contributed by atoms with Crippen LogP contribution in [-0.4, -0.2) is 36.6 Å². The van der Waals surface area contributed by atoms with Crippen LogP contribution in [0.4, 0.5) is 0 Å². The van der Waals surface area contributed by atoms with Crippen molar-refractivity contribution in [3.05, 3.63) is 35.4 Å². The average Bonchev–Trinajstić information content (AvgIpc) is 3.25. The first-order chi connectivity index (χ1) is 9.90. The van der Waals surface area contributed by atoms with Gasteiger partial charge >= 0.3 is 0 Å². The summed E-state index contributed by atoms with van der Waals surface area (Å²) >= 11 is 0. The summed E-state index contributed by atoms with van der Waals surface area (Å²) in [7, 11) is 0. The van der Waals surface area contributed by atoms with E-state index in [9.17, 15) is 0 Å². The Morgan fingerprint density at radius 3 is 2.90 bits per heavy atom. The molecule has 108 valence electrons. The van der Waals surface area contributed by atoms with Gasteiger partial charge in [-0.05, 0) is 43.4 Å². The summed E-state index contributed by atoms with van der Waals surface area (Å²) in [6, 6.07) is 11.1. The van der Waals surface area contributed by atoms with Crippen LogP contribution in [0.2, 0.25) is 0 Å². The summed E-state index contributed by atoms with van der Waals surface area (Å²) in [5, 5.41) is 7.49. The quantitative estimate of drug-likeness (QED) is 0.881. The largest absolute Gasteiger partial charge is 0.313 e. The number of hydrogen-bond donors (Lipinski definition) is 2. The van der Waals surface area contributed by atoms with E-state index in [4.69, 9.17) is 0 Å². The van der Waals surface area contributed by atoms with Crippen LogP contribution in [0.25, 0.3) is 0 Å². The molecule has 3 nitrogen and oxygen atoms in total. The molecular formula is C17H25N3. The van der Waals surface area contributed by atoms with Crippen molar-refractivity contribution in [2.75, 3.05) is 19.6 Å². The lowest BCUT2D eigenvalue weighted by atomic mass is 9.98. The van der Waals surface area contributed by atoms with E-state index >= 15 is 0 Å². The lowest BCUT2D eigenvalue weighted by Gasteiger charge is -2.24. The Kier molecular flexibility index (Phi) is 3.51. The standard InChI is InChI=1S/C17H25N3/c1-2-4-16-13(3-1)11-18-9-7-17(16)19-14-8-10-20(12-14)15-5-6-15/h1-4,14-15,17-19H,5-12H2. The molecule has 0 bridgehead atoms. The average molecular weight is 271 g/mol. The van der Waals surface area contributed by atoms with E-state index in [1.54, 1.807) is 0 Å². The molecule has 1 saturated carbocycles. The molecule has 2 aliphatic heterocycles. The van der Waals surface area contributed by atoms with Crippen molar-refractivity contribution in [1.29, 1.82) is 0 Å². The molecule has 20 heavy (non-hydrogen) atoms. The molecule has 0 aromatic heterocycles. The van der Waals surface area contributed by atoms with Crippen LogP contribution >= 0.6 is 0 Å². The highest BCUT2D eigenvalue weighted by molar-refractivity contribution is 5.31. The first-order valence-corrected chi connectivity index (χ1v) is 8.19. The van der Waals surface area contributed by atoms with Gasteiger partial charge < -0.3 is 10.6 Å². The second-order valence-corrected chi connectivity index (χ2v) is 6.60. The fourth-order valence-electron chi connectivity index (χ4n) is 3.81. The van der Waals surface area contributed by atoms with Gasteiger partial charge in [0.1, 0.15) is 0 Å². The zero-order chi connectivity index (χ0) is 13.4. The van der Waals surface area contributed by atoms with Gasteiger partial charge in [-0.1, -0.05) is 24.3 Å². The molecule has 4 rings (SSSR count). The van der Waals surface area contributed by atoms with Crippen LogP contribution < -0.4 is 10.6 Å². The van der Waals surface area contributed by atoms with Crippen molar-refractivity contribution < 1.29 is 0 Å². The molecule has 3 aliphatic rings. The second-order valence-electron chi connectivity index (χ2n) is 6.60. The van der Waals surface area contributed by atoms with E-state index in [0.717, 1.165) is 19.1 Å². The summed E-state index contributed by atoms with van der Waals surface area (Å²) in [4.78, 5) is 2.69. The molecule has 2 unspecified atom stereocenters. The molecule has 2 fully saturated rings. The number of rotatable bonds is 3. The fraction of sp³-hybridized carbons (Fsp3) is 0.647. The Morgan fingerprint density at radius 1 is 1.10 bits per heavy atom. The Balaban J connectivity index is 1.45. The maximum absolute atomic E-state index is 3.94. The smallest absolute Gasteiger partial charge is 0.0338 e. The lowest BCUT2D eigenvalue weighted by Crippen LogP contribution is -2.36.